The quantitative estimate of drug-likeness (QED) is 0.897. The van der Waals surface area contributed by atoms with Crippen LogP contribution in [0, 0.1) is 0 Å². The van der Waals surface area contributed by atoms with Crippen molar-refractivity contribution in [1.82, 2.24) is 10.2 Å². The van der Waals surface area contributed by atoms with Crippen LogP contribution in [0.5, 0.6) is 5.75 Å². The molecule has 1 aromatic carbocycles. The lowest BCUT2D eigenvalue weighted by atomic mass is 10.2. The first-order chi connectivity index (χ1) is 10.6. The molecule has 0 saturated carbocycles. The summed E-state index contributed by atoms with van der Waals surface area (Å²) in [5, 5.41) is 2.95. The van der Waals surface area contributed by atoms with Gasteiger partial charge in [0.25, 0.3) is 0 Å². The number of nitrogens with zero attached hydrogens (tertiary/aromatic N) is 2. The zero-order valence-electron chi connectivity index (χ0n) is 13.5. The summed E-state index contributed by atoms with van der Waals surface area (Å²) < 4.78 is 10.2. The smallest absolute Gasteiger partial charge is 0.317 e. The Hall–Kier alpha value is -1.95. The van der Waals surface area contributed by atoms with Crippen LogP contribution in [-0.2, 0) is 4.74 Å². The fourth-order valence-corrected chi connectivity index (χ4v) is 2.55. The molecule has 0 radical (unpaired) electrons. The molecular formula is C16H25N3O3. The number of rotatable bonds is 5. The first kappa shape index (κ1) is 16.4. The Kier molecular flexibility index (Phi) is 5.89. The Labute approximate surface area is 132 Å². The molecule has 0 bridgehead atoms. The Balaban J connectivity index is 1.83. The molecule has 22 heavy (non-hydrogen) atoms. The van der Waals surface area contributed by atoms with Gasteiger partial charge in [-0.05, 0) is 31.2 Å². The number of carbonyl (C=O) groups is 1. The number of benzene rings is 1. The average molecular weight is 307 g/mol. The normalized spacial score (nSPS) is 16.3. The van der Waals surface area contributed by atoms with E-state index in [9.17, 15) is 4.79 Å². The minimum absolute atomic E-state index is 0.0149. The zero-order chi connectivity index (χ0) is 15.9. The van der Waals surface area contributed by atoms with E-state index in [0.717, 1.165) is 37.6 Å². The summed E-state index contributed by atoms with van der Waals surface area (Å²) in [5.74, 6) is 0.855. The number of hydrogen-bond donors (Lipinski definition) is 1. The first-order valence-electron chi connectivity index (χ1n) is 7.57. The third-order valence-electron chi connectivity index (χ3n) is 3.79. The van der Waals surface area contributed by atoms with E-state index < -0.39 is 0 Å². The fourth-order valence-electron chi connectivity index (χ4n) is 2.55. The number of piperazine rings is 1. The summed E-state index contributed by atoms with van der Waals surface area (Å²) in [6.45, 7) is 5.57. The summed E-state index contributed by atoms with van der Waals surface area (Å²) in [4.78, 5) is 16.3. The van der Waals surface area contributed by atoms with Gasteiger partial charge in [-0.2, -0.15) is 0 Å². The van der Waals surface area contributed by atoms with Crippen LogP contribution in [0.3, 0.4) is 0 Å². The van der Waals surface area contributed by atoms with E-state index in [-0.39, 0.29) is 12.1 Å². The molecular weight excluding hydrogens is 282 g/mol. The molecule has 0 aliphatic carbocycles. The van der Waals surface area contributed by atoms with Crippen molar-refractivity contribution in [2.45, 2.75) is 13.0 Å². The monoisotopic (exact) mass is 307 g/mol. The SMILES string of the molecule is COCC(C)NC(=O)N1CCN(c2ccc(OC)cc2)CC1. The van der Waals surface area contributed by atoms with Gasteiger partial charge in [0.15, 0.2) is 0 Å². The van der Waals surface area contributed by atoms with Crippen molar-refractivity contribution >= 4 is 11.7 Å². The lowest BCUT2D eigenvalue weighted by Crippen LogP contribution is -2.53. The number of urea groups is 1. The van der Waals surface area contributed by atoms with Crippen molar-refractivity contribution in [1.29, 1.82) is 0 Å². The number of carbonyl (C=O) groups excluding carboxylic acids is 1. The standard InChI is InChI=1S/C16H25N3O3/c1-13(12-21-2)17-16(20)19-10-8-18(9-11-19)14-4-6-15(22-3)7-5-14/h4-7,13H,8-12H2,1-3H3,(H,17,20). The third kappa shape index (κ3) is 4.27. The lowest BCUT2D eigenvalue weighted by molar-refractivity contribution is 0.158. The Morgan fingerprint density at radius 2 is 1.82 bits per heavy atom. The highest BCUT2D eigenvalue weighted by molar-refractivity contribution is 5.74. The molecule has 0 spiro atoms. The van der Waals surface area contributed by atoms with Crippen molar-refractivity contribution < 1.29 is 14.3 Å². The van der Waals surface area contributed by atoms with Gasteiger partial charge >= 0.3 is 6.03 Å². The highest BCUT2D eigenvalue weighted by Gasteiger charge is 2.22. The van der Waals surface area contributed by atoms with Gasteiger partial charge in [-0.15, -0.1) is 0 Å². The van der Waals surface area contributed by atoms with Crippen molar-refractivity contribution in [2.24, 2.45) is 0 Å². The van der Waals surface area contributed by atoms with Crippen molar-refractivity contribution in [3.63, 3.8) is 0 Å². The predicted molar refractivity (Wildman–Crippen MR) is 86.6 cm³/mol. The molecule has 6 nitrogen and oxygen atoms in total. The van der Waals surface area contributed by atoms with E-state index in [1.807, 2.05) is 24.0 Å². The van der Waals surface area contributed by atoms with Crippen LogP contribution in [0.25, 0.3) is 0 Å². The first-order valence-corrected chi connectivity index (χ1v) is 7.57. The average Bonchev–Trinajstić information content (AvgIpc) is 2.55. The van der Waals surface area contributed by atoms with Gasteiger partial charge in [0.1, 0.15) is 5.75 Å². The molecule has 1 atom stereocenters. The number of ether oxygens (including phenoxy) is 2. The maximum absolute atomic E-state index is 12.1. The van der Waals surface area contributed by atoms with Crippen LogP contribution in [0.2, 0.25) is 0 Å². The minimum Gasteiger partial charge on any atom is -0.497 e. The molecule has 2 rings (SSSR count). The highest BCUT2D eigenvalue weighted by atomic mass is 16.5. The van der Waals surface area contributed by atoms with E-state index in [2.05, 4.69) is 22.3 Å². The van der Waals surface area contributed by atoms with Crippen LogP contribution < -0.4 is 15.0 Å². The van der Waals surface area contributed by atoms with Gasteiger partial charge in [-0.3, -0.25) is 0 Å². The van der Waals surface area contributed by atoms with Crippen molar-refractivity contribution in [3.8, 4) is 5.75 Å². The molecule has 0 aromatic heterocycles. The summed E-state index contributed by atoms with van der Waals surface area (Å²) in [7, 11) is 3.30. The number of hydrogen-bond acceptors (Lipinski definition) is 4. The molecule has 1 aromatic rings. The van der Waals surface area contributed by atoms with Crippen LogP contribution in [0.1, 0.15) is 6.92 Å². The zero-order valence-corrected chi connectivity index (χ0v) is 13.5. The van der Waals surface area contributed by atoms with Crippen LogP contribution in [0.4, 0.5) is 10.5 Å². The molecule has 1 N–H and O–H groups in total. The summed E-state index contributed by atoms with van der Waals surface area (Å²) in [6.07, 6.45) is 0. The second-order valence-electron chi connectivity index (χ2n) is 5.48. The molecule has 1 aliphatic heterocycles. The second-order valence-corrected chi connectivity index (χ2v) is 5.48. The number of anilines is 1. The molecule has 2 amide bonds. The van der Waals surface area contributed by atoms with Crippen LogP contribution >= 0.6 is 0 Å². The van der Waals surface area contributed by atoms with E-state index in [1.54, 1.807) is 14.2 Å². The molecule has 1 aliphatic rings. The Morgan fingerprint density at radius 3 is 2.36 bits per heavy atom. The molecule has 1 heterocycles. The molecule has 1 saturated heterocycles. The Bertz CT molecular complexity index is 470. The largest absolute Gasteiger partial charge is 0.497 e. The molecule has 6 heteroatoms. The van der Waals surface area contributed by atoms with Crippen molar-refractivity contribution in [3.05, 3.63) is 24.3 Å². The highest BCUT2D eigenvalue weighted by Crippen LogP contribution is 2.20. The van der Waals surface area contributed by atoms with Gasteiger partial charge in [0.2, 0.25) is 0 Å². The number of amides is 2. The van der Waals surface area contributed by atoms with Gasteiger partial charge in [0.05, 0.1) is 19.8 Å². The second kappa shape index (κ2) is 7.89. The number of nitrogens with one attached hydrogen (secondary N) is 1. The topological polar surface area (TPSA) is 54.0 Å². The van der Waals surface area contributed by atoms with Crippen LogP contribution in [0.15, 0.2) is 24.3 Å². The minimum atomic E-state index is -0.0149. The maximum atomic E-state index is 12.1. The molecule has 1 fully saturated rings. The van der Waals surface area contributed by atoms with E-state index in [4.69, 9.17) is 9.47 Å². The van der Waals surface area contributed by atoms with Gasteiger partial charge < -0.3 is 24.6 Å². The van der Waals surface area contributed by atoms with Crippen LogP contribution in [-0.4, -0.2) is 64.0 Å². The van der Waals surface area contributed by atoms with Gasteiger partial charge in [-0.1, -0.05) is 0 Å². The number of methoxy groups -OCH3 is 2. The van der Waals surface area contributed by atoms with Crippen molar-refractivity contribution in [2.75, 3.05) is 51.9 Å². The summed E-state index contributed by atoms with van der Waals surface area (Å²) in [6, 6.07) is 8.03. The van der Waals surface area contributed by atoms with Gasteiger partial charge in [-0.25, -0.2) is 4.79 Å². The molecule has 1 unspecified atom stereocenters. The predicted octanol–water partition coefficient (Wildman–Crippen LogP) is 1.56. The molecule has 122 valence electrons. The fraction of sp³-hybridized carbons (Fsp3) is 0.562. The maximum Gasteiger partial charge on any atom is 0.317 e. The van der Waals surface area contributed by atoms with E-state index in [0.29, 0.717) is 6.61 Å². The lowest BCUT2D eigenvalue weighted by Gasteiger charge is -2.36. The van der Waals surface area contributed by atoms with Gasteiger partial charge in [0, 0.05) is 39.0 Å². The van der Waals surface area contributed by atoms with E-state index >= 15 is 0 Å². The summed E-state index contributed by atoms with van der Waals surface area (Å²) >= 11 is 0. The summed E-state index contributed by atoms with van der Waals surface area (Å²) in [5.41, 5.74) is 1.16. The third-order valence-corrected chi connectivity index (χ3v) is 3.79. The van der Waals surface area contributed by atoms with E-state index in [1.165, 1.54) is 0 Å². The Morgan fingerprint density at radius 1 is 1.18 bits per heavy atom.